The standard InChI is InChI=1S/C25H20N2O.C24H18N2O.C4H8O/c1-16(2)22-12-11-20-19-9-6-10-21(24(19)28-25(20)27-22)23-15-18(13-14-26-23)17-7-4-3-5-8-17;1-2-18-11-12-20-19-9-6-10-21(23(19)27-24(20)26-18)22-15-17(13-14-25-22)16-7-4-3-5-8-16;1-2-4-5-3-1/h3-16H,1-2H3;3-15H,2H2,1H3;1-4H2. The van der Waals surface area contributed by atoms with Gasteiger partial charge < -0.3 is 13.6 Å². The molecule has 0 N–H and O–H groups in total. The third kappa shape index (κ3) is 8.05. The number of hydrogen-bond acceptors (Lipinski definition) is 7. The highest BCUT2D eigenvalue weighted by molar-refractivity contribution is 6.09. The van der Waals surface area contributed by atoms with E-state index in [0.717, 1.165) is 97.4 Å². The molecule has 0 unspecified atom stereocenters. The molecule has 4 aromatic carbocycles. The molecule has 6 aromatic heterocycles. The van der Waals surface area contributed by atoms with Crippen LogP contribution >= 0.6 is 0 Å². The largest absolute Gasteiger partial charge is 0.437 e. The zero-order valence-electron chi connectivity index (χ0n) is 34.1. The molecule has 0 atom stereocenters. The first-order valence-electron chi connectivity index (χ1n) is 20.8. The van der Waals surface area contributed by atoms with Gasteiger partial charge in [0.2, 0.25) is 11.4 Å². The van der Waals surface area contributed by atoms with Crippen LogP contribution in [-0.4, -0.2) is 33.1 Å². The highest BCUT2D eigenvalue weighted by Gasteiger charge is 2.17. The summed E-state index contributed by atoms with van der Waals surface area (Å²) in [4.78, 5) is 18.6. The van der Waals surface area contributed by atoms with Gasteiger partial charge >= 0.3 is 0 Å². The van der Waals surface area contributed by atoms with Gasteiger partial charge in [-0.05, 0) is 108 Å². The van der Waals surface area contributed by atoms with E-state index in [9.17, 15) is 0 Å². The second kappa shape index (κ2) is 17.5. The van der Waals surface area contributed by atoms with Gasteiger partial charge in [-0.25, -0.2) is 9.97 Å². The lowest BCUT2D eigenvalue weighted by molar-refractivity contribution is 0.198. The number of benzene rings is 4. The van der Waals surface area contributed by atoms with E-state index in [1.165, 1.54) is 24.0 Å². The number of hydrogen-bond donors (Lipinski definition) is 0. The van der Waals surface area contributed by atoms with Crippen molar-refractivity contribution < 1.29 is 13.6 Å². The normalized spacial score (nSPS) is 12.5. The smallest absolute Gasteiger partial charge is 0.227 e. The number of fused-ring (bicyclic) bond motifs is 6. The SMILES string of the molecule is C1CCOC1.CC(C)c1ccc2c(n1)oc1c(-c3cc(-c4ccccc4)ccn3)cccc12.CCc1ccc2c(n1)oc1c(-c3cc(-c4ccccc4)ccn3)cccc12. The summed E-state index contributed by atoms with van der Waals surface area (Å²) >= 11 is 0. The van der Waals surface area contributed by atoms with Gasteiger partial charge in [-0.1, -0.05) is 106 Å². The average molecular weight is 787 g/mol. The Hall–Kier alpha value is -6.96. The molecule has 1 aliphatic rings. The summed E-state index contributed by atoms with van der Waals surface area (Å²) in [6.07, 6.45) is 7.15. The molecule has 7 heteroatoms. The summed E-state index contributed by atoms with van der Waals surface area (Å²) in [6.45, 7) is 8.38. The van der Waals surface area contributed by atoms with Gasteiger partial charge in [0.05, 0.1) is 11.4 Å². The fraction of sp³-hybridized carbons (Fsp3) is 0.170. The van der Waals surface area contributed by atoms with E-state index in [-0.39, 0.29) is 0 Å². The third-order valence-electron chi connectivity index (χ3n) is 10.9. The fourth-order valence-corrected chi connectivity index (χ4v) is 7.62. The van der Waals surface area contributed by atoms with Gasteiger partial charge in [0, 0.05) is 69.7 Å². The van der Waals surface area contributed by atoms with Gasteiger partial charge in [-0.15, -0.1) is 0 Å². The Morgan fingerprint density at radius 1 is 0.500 bits per heavy atom. The van der Waals surface area contributed by atoms with Crippen molar-refractivity contribution in [3.8, 4) is 44.8 Å². The number of nitrogens with zero attached hydrogens (tertiary/aromatic N) is 4. The molecule has 0 amide bonds. The minimum atomic E-state index is 0.362. The summed E-state index contributed by atoms with van der Waals surface area (Å²) in [5.41, 5.74) is 13.5. The molecule has 0 aliphatic carbocycles. The average Bonchev–Trinajstić information content (AvgIpc) is 4.10. The highest BCUT2D eigenvalue weighted by atomic mass is 16.5. The molecule has 11 rings (SSSR count). The van der Waals surface area contributed by atoms with E-state index < -0.39 is 0 Å². The molecule has 60 heavy (non-hydrogen) atoms. The van der Waals surface area contributed by atoms with Crippen LogP contribution < -0.4 is 0 Å². The molecule has 0 bridgehead atoms. The fourth-order valence-electron chi connectivity index (χ4n) is 7.62. The molecule has 0 radical (unpaired) electrons. The number of aryl methyl sites for hydroxylation is 1. The van der Waals surface area contributed by atoms with Crippen molar-refractivity contribution in [2.75, 3.05) is 13.2 Å². The maximum atomic E-state index is 6.22. The maximum absolute atomic E-state index is 6.22. The lowest BCUT2D eigenvalue weighted by Crippen LogP contribution is -1.90. The summed E-state index contributed by atoms with van der Waals surface area (Å²) in [6, 6.07) is 49.7. The lowest BCUT2D eigenvalue weighted by atomic mass is 10.0. The van der Waals surface area contributed by atoms with Crippen molar-refractivity contribution >= 4 is 44.1 Å². The first-order chi connectivity index (χ1) is 29.5. The van der Waals surface area contributed by atoms with E-state index >= 15 is 0 Å². The van der Waals surface area contributed by atoms with E-state index in [0.29, 0.717) is 17.3 Å². The summed E-state index contributed by atoms with van der Waals surface area (Å²) in [5.74, 6) is 0.362. The van der Waals surface area contributed by atoms with E-state index in [1.807, 2.05) is 60.9 Å². The minimum absolute atomic E-state index is 0.362. The van der Waals surface area contributed by atoms with Crippen molar-refractivity contribution in [2.24, 2.45) is 0 Å². The second-order valence-corrected chi connectivity index (χ2v) is 15.2. The first kappa shape index (κ1) is 38.6. The van der Waals surface area contributed by atoms with Gasteiger partial charge in [-0.3, -0.25) is 9.97 Å². The molecule has 0 spiro atoms. The molecule has 1 aliphatic heterocycles. The summed E-state index contributed by atoms with van der Waals surface area (Å²) < 4.78 is 17.3. The molecule has 1 saturated heterocycles. The van der Waals surface area contributed by atoms with Crippen LogP contribution in [0.2, 0.25) is 0 Å². The Kier molecular flexibility index (Phi) is 11.2. The van der Waals surface area contributed by atoms with E-state index in [2.05, 4.69) is 133 Å². The van der Waals surface area contributed by atoms with Crippen molar-refractivity contribution in [3.63, 3.8) is 0 Å². The zero-order chi connectivity index (χ0) is 40.8. The molecule has 7 heterocycles. The van der Waals surface area contributed by atoms with E-state index in [4.69, 9.17) is 18.6 Å². The number of pyridine rings is 4. The van der Waals surface area contributed by atoms with Gasteiger partial charge in [0.25, 0.3) is 0 Å². The lowest BCUT2D eigenvalue weighted by Gasteiger charge is -2.05. The van der Waals surface area contributed by atoms with Crippen LogP contribution in [0.25, 0.3) is 88.9 Å². The quantitative estimate of drug-likeness (QED) is 0.166. The number of furan rings is 2. The predicted molar refractivity (Wildman–Crippen MR) is 244 cm³/mol. The molecule has 296 valence electrons. The number of aromatic nitrogens is 4. The molecule has 7 nitrogen and oxygen atoms in total. The predicted octanol–water partition coefficient (Wildman–Crippen LogP) is 13.9. The van der Waals surface area contributed by atoms with Crippen LogP contribution in [0.5, 0.6) is 0 Å². The Morgan fingerprint density at radius 2 is 1.02 bits per heavy atom. The Bertz CT molecular complexity index is 3030. The Labute approximate surface area is 349 Å². The van der Waals surface area contributed by atoms with Gasteiger partial charge in [0.15, 0.2) is 0 Å². The molecule has 10 aromatic rings. The van der Waals surface area contributed by atoms with Crippen LogP contribution in [0.1, 0.15) is 50.9 Å². The van der Waals surface area contributed by atoms with E-state index in [1.54, 1.807) is 0 Å². The number of ether oxygens (including phenoxy) is 1. The molecule has 0 saturated carbocycles. The van der Waals surface area contributed by atoms with Crippen molar-refractivity contribution in [3.05, 3.63) is 169 Å². The van der Waals surface area contributed by atoms with Crippen LogP contribution in [0, 0.1) is 0 Å². The van der Waals surface area contributed by atoms with Crippen LogP contribution in [0.15, 0.2) is 167 Å². The third-order valence-corrected chi connectivity index (χ3v) is 10.9. The second-order valence-electron chi connectivity index (χ2n) is 15.2. The summed E-state index contributed by atoms with van der Waals surface area (Å²) in [5, 5.41) is 4.23. The minimum Gasteiger partial charge on any atom is -0.437 e. The molecule has 1 fully saturated rings. The van der Waals surface area contributed by atoms with Gasteiger partial charge in [0.1, 0.15) is 11.2 Å². The van der Waals surface area contributed by atoms with Crippen LogP contribution in [-0.2, 0) is 11.2 Å². The highest BCUT2D eigenvalue weighted by Crippen LogP contribution is 2.37. The van der Waals surface area contributed by atoms with Crippen molar-refractivity contribution in [2.45, 2.75) is 46.0 Å². The first-order valence-corrected chi connectivity index (χ1v) is 20.8. The zero-order valence-corrected chi connectivity index (χ0v) is 34.1. The van der Waals surface area contributed by atoms with Gasteiger partial charge in [-0.2, -0.15) is 0 Å². The van der Waals surface area contributed by atoms with Crippen molar-refractivity contribution in [1.82, 2.24) is 19.9 Å². The number of para-hydroxylation sites is 2. The number of rotatable bonds is 6. The van der Waals surface area contributed by atoms with Crippen LogP contribution in [0.3, 0.4) is 0 Å². The molecular weight excluding hydrogens is 741 g/mol. The summed E-state index contributed by atoms with van der Waals surface area (Å²) in [7, 11) is 0. The van der Waals surface area contributed by atoms with Crippen LogP contribution in [0.4, 0.5) is 0 Å². The molecular formula is C53H46N4O3. The maximum Gasteiger partial charge on any atom is 0.227 e. The Balaban J connectivity index is 0.000000138. The van der Waals surface area contributed by atoms with Crippen molar-refractivity contribution in [1.29, 1.82) is 0 Å². The topological polar surface area (TPSA) is 87.1 Å². The Morgan fingerprint density at radius 3 is 1.50 bits per heavy atom. The monoisotopic (exact) mass is 786 g/mol.